The summed E-state index contributed by atoms with van der Waals surface area (Å²) in [5, 5.41) is 11.2. The molecule has 9 nitrogen and oxygen atoms in total. The minimum Gasteiger partial charge on any atom is -0.494 e. The number of carbonyl (C=O) groups excluding carboxylic acids is 1. The van der Waals surface area contributed by atoms with E-state index in [4.69, 9.17) is 21.1 Å². The first kappa shape index (κ1) is 27.1. The van der Waals surface area contributed by atoms with Crippen LogP contribution in [0.4, 0.5) is 8.78 Å². The number of hydrogen-bond acceptors (Lipinski definition) is 7. The van der Waals surface area contributed by atoms with Crippen LogP contribution in [0.15, 0.2) is 59.5 Å². The lowest BCUT2D eigenvalue weighted by atomic mass is 9.98. The number of halogens is 3. The molecule has 0 radical (unpaired) electrons. The summed E-state index contributed by atoms with van der Waals surface area (Å²) < 4.78 is 39.9. The molecule has 1 aliphatic heterocycles. The lowest BCUT2D eigenvalue weighted by molar-refractivity contribution is 0.0784. The summed E-state index contributed by atoms with van der Waals surface area (Å²) in [6.45, 7) is 0.233. The molecule has 0 aliphatic carbocycles. The lowest BCUT2D eigenvalue weighted by Gasteiger charge is -2.21. The average molecular weight is 569 g/mol. The van der Waals surface area contributed by atoms with Crippen molar-refractivity contribution in [2.45, 2.75) is 12.3 Å². The molecule has 1 atom stereocenters. The van der Waals surface area contributed by atoms with Crippen LogP contribution in [0.5, 0.6) is 17.4 Å². The summed E-state index contributed by atoms with van der Waals surface area (Å²) in [5.41, 5.74) is -0.913. The van der Waals surface area contributed by atoms with E-state index in [9.17, 15) is 23.5 Å². The van der Waals surface area contributed by atoms with Gasteiger partial charge in [-0.2, -0.15) is 4.98 Å². The molecule has 206 valence electrons. The first-order valence-electron chi connectivity index (χ1n) is 12.2. The molecule has 1 saturated heterocycles. The maximum absolute atomic E-state index is 14.4. The van der Waals surface area contributed by atoms with E-state index in [1.54, 1.807) is 18.2 Å². The highest BCUT2D eigenvalue weighted by Crippen LogP contribution is 2.36. The Morgan fingerprint density at radius 3 is 2.45 bits per heavy atom. The minimum absolute atomic E-state index is 0.0543. The molecule has 1 fully saturated rings. The van der Waals surface area contributed by atoms with Crippen molar-refractivity contribution in [3.8, 4) is 34.6 Å². The van der Waals surface area contributed by atoms with Gasteiger partial charge in [-0.15, -0.1) is 0 Å². The van der Waals surface area contributed by atoms with Crippen molar-refractivity contribution >= 4 is 17.5 Å². The van der Waals surface area contributed by atoms with Crippen LogP contribution in [0.25, 0.3) is 17.2 Å². The van der Waals surface area contributed by atoms with Gasteiger partial charge in [-0.25, -0.2) is 8.78 Å². The Balaban J connectivity index is 1.64. The lowest BCUT2D eigenvalue weighted by Crippen LogP contribution is -2.36. The predicted molar refractivity (Wildman–Crippen MR) is 142 cm³/mol. The number of pyridine rings is 1. The number of nitrogens with zero attached hydrogens (tertiary/aromatic N) is 4. The Hall–Kier alpha value is -4.51. The summed E-state index contributed by atoms with van der Waals surface area (Å²) in [5.74, 6) is -3.06. The fraction of sp³-hybridized carbons (Fsp3) is 0.214. The van der Waals surface area contributed by atoms with E-state index < -0.39 is 40.5 Å². The molecule has 1 N–H and O–H groups in total. The number of likely N-dealkylation sites (tertiary alicyclic amines) is 1. The first-order valence-corrected chi connectivity index (χ1v) is 12.5. The van der Waals surface area contributed by atoms with E-state index in [1.807, 2.05) is 0 Å². The number of carbonyl (C=O) groups is 1. The largest absolute Gasteiger partial charge is 0.494 e. The number of methoxy groups -OCH3 is 2. The molecule has 1 amide bonds. The summed E-state index contributed by atoms with van der Waals surface area (Å²) in [6, 6.07) is 11.2. The zero-order valence-corrected chi connectivity index (χ0v) is 22.2. The molecule has 40 heavy (non-hydrogen) atoms. The smallest absolute Gasteiger partial charge is 0.275 e. The topological polar surface area (TPSA) is 107 Å². The number of benzene rings is 2. The molecule has 2 aromatic carbocycles. The van der Waals surface area contributed by atoms with Gasteiger partial charge < -0.3 is 19.5 Å². The molecule has 3 heterocycles. The molecule has 12 heteroatoms. The average Bonchev–Trinajstić information content (AvgIpc) is 3.43. The monoisotopic (exact) mass is 568 g/mol. The highest BCUT2D eigenvalue weighted by Gasteiger charge is 2.34. The van der Waals surface area contributed by atoms with Gasteiger partial charge >= 0.3 is 0 Å². The summed E-state index contributed by atoms with van der Waals surface area (Å²) in [4.78, 5) is 37.5. The fourth-order valence-corrected chi connectivity index (χ4v) is 4.94. The van der Waals surface area contributed by atoms with E-state index in [2.05, 4.69) is 9.97 Å². The van der Waals surface area contributed by atoms with E-state index in [0.717, 1.165) is 16.7 Å². The van der Waals surface area contributed by atoms with Crippen molar-refractivity contribution in [2.24, 2.45) is 0 Å². The SMILES string of the molecule is COc1cccc(OC)c1-n1c(-c2ccc(Cl)cn2)nc(O)c(C(=O)N2CCC(c3ccc(F)cc3F)C2)c1=O. The van der Waals surface area contributed by atoms with Crippen LogP contribution < -0.4 is 15.0 Å². The van der Waals surface area contributed by atoms with Crippen LogP contribution >= 0.6 is 11.6 Å². The molecule has 4 aromatic rings. The van der Waals surface area contributed by atoms with Crippen LogP contribution in [-0.4, -0.2) is 57.8 Å². The second-order valence-electron chi connectivity index (χ2n) is 9.05. The molecule has 5 rings (SSSR count). The van der Waals surface area contributed by atoms with Crippen molar-refractivity contribution in [3.63, 3.8) is 0 Å². The van der Waals surface area contributed by atoms with Crippen LogP contribution in [0, 0.1) is 11.6 Å². The fourth-order valence-electron chi connectivity index (χ4n) is 4.83. The summed E-state index contributed by atoms with van der Waals surface area (Å²) in [6.07, 6.45) is 1.73. The van der Waals surface area contributed by atoms with Gasteiger partial charge in [0.05, 0.1) is 19.2 Å². The standard InChI is InChI=1S/C28H23ClF2N4O5/c1-39-21-4-3-5-22(40-2)24(21)35-25(20-9-6-16(29)13-32-20)33-26(36)23(28(35)38)27(37)34-11-10-15(14-34)18-8-7-17(30)12-19(18)31/h3-9,12-13,15,36H,10-11,14H2,1-2H3. The molecule has 0 saturated carbocycles. The van der Waals surface area contributed by atoms with Crippen LogP contribution in [0.2, 0.25) is 5.02 Å². The molecule has 0 bridgehead atoms. The number of rotatable bonds is 6. The zero-order valence-electron chi connectivity index (χ0n) is 21.4. The van der Waals surface area contributed by atoms with Crippen molar-refractivity contribution in [1.29, 1.82) is 0 Å². The van der Waals surface area contributed by atoms with Crippen molar-refractivity contribution in [3.05, 3.63) is 92.9 Å². The van der Waals surface area contributed by atoms with E-state index in [-0.39, 0.29) is 47.4 Å². The minimum atomic E-state index is -0.900. The van der Waals surface area contributed by atoms with Crippen molar-refractivity contribution in [2.75, 3.05) is 27.3 Å². The first-order chi connectivity index (χ1) is 19.2. The van der Waals surface area contributed by atoms with Crippen LogP contribution in [0.3, 0.4) is 0 Å². The second-order valence-corrected chi connectivity index (χ2v) is 9.49. The van der Waals surface area contributed by atoms with Crippen LogP contribution in [-0.2, 0) is 0 Å². The van der Waals surface area contributed by atoms with Gasteiger partial charge in [0, 0.05) is 31.3 Å². The third kappa shape index (κ3) is 4.84. The van der Waals surface area contributed by atoms with Gasteiger partial charge in [-0.1, -0.05) is 23.7 Å². The highest BCUT2D eigenvalue weighted by molar-refractivity contribution is 6.30. The molecule has 2 aromatic heterocycles. The van der Waals surface area contributed by atoms with Gasteiger partial charge in [0.2, 0.25) is 5.88 Å². The highest BCUT2D eigenvalue weighted by atomic mass is 35.5. The third-order valence-electron chi connectivity index (χ3n) is 6.74. The van der Waals surface area contributed by atoms with Gasteiger partial charge in [0.1, 0.15) is 34.5 Å². The van der Waals surface area contributed by atoms with E-state index in [1.165, 1.54) is 43.5 Å². The molecule has 1 aliphatic rings. The van der Waals surface area contributed by atoms with Gasteiger partial charge in [0.25, 0.3) is 11.5 Å². The second kappa shape index (κ2) is 10.9. The maximum Gasteiger partial charge on any atom is 0.275 e. The Labute approximate surface area is 232 Å². The van der Waals surface area contributed by atoms with Gasteiger partial charge in [-0.05, 0) is 42.3 Å². The number of aromatic nitrogens is 3. The number of aromatic hydroxyl groups is 1. The Bertz CT molecular complexity index is 1640. The Morgan fingerprint density at radius 2 is 1.82 bits per heavy atom. The van der Waals surface area contributed by atoms with Gasteiger partial charge in [0.15, 0.2) is 11.4 Å². The molecule has 1 unspecified atom stereocenters. The zero-order chi connectivity index (χ0) is 28.6. The maximum atomic E-state index is 14.4. The van der Waals surface area contributed by atoms with Gasteiger partial charge in [-0.3, -0.25) is 19.1 Å². The molecular weight excluding hydrogens is 546 g/mol. The molecule has 0 spiro atoms. The number of ether oxygens (including phenoxy) is 2. The molecular formula is C28H23ClF2N4O5. The van der Waals surface area contributed by atoms with E-state index in [0.29, 0.717) is 11.4 Å². The summed E-state index contributed by atoms with van der Waals surface area (Å²) in [7, 11) is 2.81. The quantitative estimate of drug-likeness (QED) is 0.363. The van der Waals surface area contributed by atoms with Crippen molar-refractivity contribution < 1.29 is 28.2 Å². The van der Waals surface area contributed by atoms with E-state index >= 15 is 0 Å². The van der Waals surface area contributed by atoms with Crippen molar-refractivity contribution in [1.82, 2.24) is 19.4 Å². The number of amides is 1. The Kier molecular flexibility index (Phi) is 7.40. The Morgan fingerprint density at radius 1 is 1.10 bits per heavy atom. The third-order valence-corrected chi connectivity index (χ3v) is 6.96. The number of hydrogen-bond donors (Lipinski definition) is 1. The number of para-hydroxylation sites is 1. The summed E-state index contributed by atoms with van der Waals surface area (Å²) >= 11 is 5.99. The normalized spacial score (nSPS) is 14.8. The predicted octanol–water partition coefficient (Wildman–Crippen LogP) is 4.58. The van der Waals surface area contributed by atoms with Crippen LogP contribution in [0.1, 0.15) is 28.3 Å².